The molecule has 0 spiro atoms. The molecule has 0 heterocycles. The average molecular weight is 880 g/mol. The molecule has 216 valence electrons. The summed E-state index contributed by atoms with van der Waals surface area (Å²) in [5.41, 5.74) is 0. The SMILES string of the molecule is O=P([O-])([O-])OC1[C@@H](OP(=O)([O-])[O-])[C@H](OP(=O)([O-])[O-])C(OP(=O)(O)O)[C@@H](OP(=O)([O-])[O-])[C@H]1OP(=O)([O-])[O-].[Na+].[Na+].[Na+].[Na+].[Na+].[Na+].[Na+].[Na+].[Na+].[Na+]. The predicted molar refractivity (Wildman–Crippen MR) is 79.3 cm³/mol. The van der Waals surface area contributed by atoms with E-state index in [4.69, 9.17) is 9.79 Å². The van der Waals surface area contributed by atoms with Crippen molar-refractivity contribution in [1.82, 2.24) is 0 Å². The normalized spacial score (nSPS) is 23.0. The first kappa shape index (κ1) is 80.6. The van der Waals surface area contributed by atoms with E-state index in [1.807, 2.05) is 0 Å². The van der Waals surface area contributed by atoms with Crippen LogP contribution in [-0.4, -0.2) is 46.4 Å². The Bertz CT molecular complexity index is 853. The van der Waals surface area contributed by atoms with Gasteiger partial charge in [0.2, 0.25) is 0 Å². The molecule has 0 aromatic heterocycles. The van der Waals surface area contributed by atoms with Crippen molar-refractivity contribution >= 4 is 46.9 Å². The summed E-state index contributed by atoms with van der Waals surface area (Å²) < 4.78 is 89.1. The van der Waals surface area contributed by atoms with E-state index in [0.29, 0.717) is 0 Å². The van der Waals surface area contributed by atoms with Crippen molar-refractivity contribution < 1.29 is 409 Å². The Morgan fingerprint density at radius 1 is 0.304 bits per heavy atom. The second-order valence-corrected chi connectivity index (χ2v) is 12.9. The molecule has 24 nitrogen and oxygen atoms in total. The van der Waals surface area contributed by atoms with Crippen molar-refractivity contribution in [2.75, 3.05) is 0 Å². The van der Waals surface area contributed by atoms with Crippen molar-refractivity contribution in [3.63, 3.8) is 0 Å². The average Bonchev–Trinajstić information content (AvgIpc) is 2.51. The van der Waals surface area contributed by atoms with Crippen LogP contribution in [0.25, 0.3) is 0 Å². The van der Waals surface area contributed by atoms with Crippen LogP contribution in [-0.2, 0) is 54.5 Å². The smallest absolute Gasteiger partial charge is 0.790 e. The Balaban J connectivity index is -0.000000162. The fourth-order valence-corrected chi connectivity index (χ4v) is 5.99. The van der Waals surface area contributed by atoms with Gasteiger partial charge in [0.25, 0.3) is 0 Å². The van der Waals surface area contributed by atoms with Crippen LogP contribution in [0.3, 0.4) is 0 Å². The van der Waals surface area contributed by atoms with Gasteiger partial charge >= 0.3 is 303 Å². The van der Waals surface area contributed by atoms with Gasteiger partial charge in [0.05, 0.1) is 39.1 Å². The number of hydrogen-bond acceptors (Lipinski definition) is 22. The van der Waals surface area contributed by atoms with Crippen LogP contribution >= 0.6 is 46.9 Å². The van der Waals surface area contributed by atoms with E-state index in [1.165, 1.54) is 0 Å². The number of phosphoric ester groups is 6. The van der Waals surface area contributed by atoms with E-state index in [1.54, 1.807) is 0 Å². The third-order valence-corrected chi connectivity index (χ3v) is 6.48. The number of hydrogen-bond donors (Lipinski definition) is 2. The molecular formula is C6H8Na10O24P6. The van der Waals surface area contributed by atoms with Gasteiger partial charge in [-0.25, -0.2) is 4.57 Å². The monoisotopic (exact) mass is 880 g/mol. The molecule has 46 heavy (non-hydrogen) atoms. The first-order valence-electron chi connectivity index (χ1n) is 7.83. The molecule has 1 fully saturated rings. The molecule has 0 aromatic rings. The molecule has 6 atom stereocenters. The quantitative estimate of drug-likeness (QED) is 0.136. The second kappa shape index (κ2) is 33.3. The van der Waals surface area contributed by atoms with E-state index in [0.717, 1.165) is 0 Å². The largest absolute Gasteiger partial charge is 1.00 e. The summed E-state index contributed by atoms with van der Waals surface area (Å²) in [5, 5.41) is 0. The zero-order valence-corrected chi connectivity index (χ0v) is 51.4. The molecule has 0 aromatic carbocycles. The van der Waals surface area contributed by atoms with Crippen LogP contribution in [0, 0.1) is 0 Å². The Hall–Kier alpha value is 10.7. The summed E-state index contributed by atoms with van der Waals surface area (Å²) >= 11 is 0. The third-order valence-electron chi connectivity index (χ3n) is 3.46. The Morgan fingerprint density at radius 3 is 0.500 bits per heavy atom. The number of rotatable bonds is 12. The van der Waals surface area contributed by atoms with Crippen molar-refractivity contribution in [3.05, 3.63) is 0 Å². The molecule has 0 amide bonds. The van der Waals surface area contributed by atoms with Crippen LogP contribution in [0.15, 0.2) is 0 Å². The summed E-state index contributed by atoms with van der Waals surface area (Å²) in [5.74, 6) is 0. The van der Waals surface area contributed by atoms with Gasteiger partial charge in [0.15, 0.2) is 0 Å². The zero-order valence-electron chi connectivity index (χ0n) is 26.0. The van der Waals surface area contributed by atoms with Crippen LogP contribution < -0.4 is 345 Å². The van der Waals surface area contributed by atoms with Gasteiger partial charge in [-0.15, -0.1) is 0 Å². The van der Waals surface area contributed by atoms with Gasteiger partial charge in [-0.1, -0.05) is 0 Å². The van der Waals surface area contributed by atoms with Gasteiger partial charge in [-0.2, -0.15) is 0 Å². The zero-order chi connectivity index (χ0) is 28.7. The van der Waals surface area contributed by atoms with Crippen molar-refractivity contribution in [2.24, 2.45) is 0 Å². The molecule has 2 unspecified atom stereocenters. The van der Waals surface area contributed by atoms with Gasteiger partial charge < -0.3 is 104 Å². The molecule has 1 aliphatic rings. The molecule has 0 saturated heterocycles. The van der Waals surface area contributed by atoms with Crippen molar-refractivity contribution in [1.29, 1.82) is 0 Å². The fourth-order valence-electron chi connectivity index (χ4n) is 2.75. The molecule has 0 aliphatic heterocycles. The summed E-state index contributed by atoms with van der Waals surface area (Å²) in [7, 11) is -39.4. The minimum absolute atomic E-state index is 0. The third kappa shape index (κ3) is 37.6. The summed E-state index contributed by atoms with van der Waals surface area (Å²) in [6, 6.07) is 0. The van der Waals surface area contributed by atoms with Gasteiger partial charge in [0.1, 0.15) is 36.6 Å². The van der Waals surface area contributed by atoms with Crippen LogP contribution in [0.2, 0.25) is 0 Å². The Kier molecular flexibility index (Phi) is 58.4. The number of phosphoric acid groups is 6. The van der Waals surface area contributed by atoms with E-state index in [2.05, 4.69) is 27.1 Å². The fraction of sp³-hybridized carbons (Fsp3) is 1.00. The minimum Gasteiger partial charge on any atom is -0.790 e. The minimum atomic E-state index is -6.66. The molecular weight excluding hydrogens is 872 g/mol. The Labute approximate surface area is 481 Å². The van der Waals surface area contributed by atoms with Crippen molar-refractivity contribution in [2.45, 2.75) is 36.6 Å². The molecule has 40 heteroatoms. The first-order chi connectivity index (χ1) is 15.6. The summed E-state index contributed by atoms with van der Waals surface area (Å²) in [6.07, 6.45) is -21.0. The van der Waals surface area contributed by atoms with E-state index < -0.39 is 83.6 Å². The van der Waals surface area contributed by atoms with Gasteiger partial charge in [-0.05, 0) is 0 Å². The van der Waals surface area contributed by atoms with Crippen LogP contribution in [0.1, 0.15) is 0 Å². The standard InChI is InChI=1S/C6H18O24P6.10Na/c7-31(8,9)25-1-2(26-32(10,11)12)4(28-34(16,17)18)6(30-36(22,23)24)5(29-35(19,20)21)3(1)27-33(13,14)15;;;;;;;;;;/h1-6H,(H2,7,8,9)(H2,10,11,12)(H2,13,14,15)(H2,16,17,18)(H2,19,20,21)(H2,22,23,24);;;;;;;;;;/q;10*+1/p-10/t1-,2-,3?,4?,5-,6+;;;;;;;;;;/m0........../s1. The predicted octanol–water partition coefficient (Wildman–Crippen LogP) is -39.4. The Morgan fingerprint density at radius 2 is 0.413 bits per heavy atom. The maximum Gasteiger partial charge on any atom is 1.00 e. The molecule has 2 N–H and O–H groups in total. The first-order valence-corrected chi connectivity index (χ1v) is 16.7. The molecule has 0 bridgehead atoms. The van der Waals surface area contributed by atoms with E-state index >= 15 is 0 Å². The van der Waals surface area contributed by atoms with Crippen LogP contribution in [0.5, 0.6) is 0 Å². The van der Waals surface area contributed by atoms with E-state index in [9.17, 15) is 76.3 Å². The molecule has 1 rings (SSSR count). The molecule has 0 radical (unpaired) electrons. The molecule has 1 aliphatic carbocycles. The van der Waals surface area contributed by atoms with Gasteiger partial charge in [-0.3, -0.25) is 4.52 Å². The maximum atomic E-state index is 11.3. The summed E-state index contributed by atoms with van der Waals surface area (Å²) in [6.45, 7) is 0. The molecule has 1 saturated carbocycles. The van der Waals surface area contributed by atoms with Gasteiger partial charge in [0, 0.05) is 0 Å². The second-order valence-electron chi connectivity index (χ2n) is 6.15. The van der Waals surface area contributed by atoms with Crippen molar-refractivity contribution in [3.8, 4) is 0 Å². The van der Waals surface area contributed by atoms with Crippen LogP contribution in [0.4, 0.5) is 0 Å². The summed E-state index contributed by atoms with van der Waals surface area (Å²) in [4.78, 5) is 129. The van der Waals surface area contributed by atoms with E-state index in [-0.39, 0.29) is 296 Å². The topological polar surface area (TPSA) is 429 Å². The maximum absolute atomic E-state index is 11.3.